The Morgan fingerprint density at radius 1 is 1.00 bits per heavy atom. The van der Waals surface area contributed by atoms with Gasteiger partial charge in [-0.1, -0.05) is 17.7 Å². The van der Waals surface area contributed by atoms with E-state index >= 15 is 0 Å². The van der Waals surface area contributed by atoms with Crippen LogP contribution in [-0.4, -0.2) is 21.6 Å². The van der Waals surface area contributed by atoms with Crippen molar-refractivity contribution < 1.29 is 9.59 Å². The van der Waals surface area contributed by atoms with Gasteiger partial charge in [-0.3, -0.25) is 9.59 Å². The molecule has 0 aliphatic heterocycles. The monoisotopic (exact) mass is 436 g/mol. The average molecular weight is 437 g/mol. The van der Waals surface area contributed by atoms with E-state index in [1.807, 2.05) is 29.8 Å². The Labute approximate surface area is 182 Å². The predicted molar refractivity (Wildman–Crippen MR) is 118 cm³/mol. The van der Waals surface area contributed by atoms with Gasteiger partial charge in [0.2, 0.25) is 0 Å². The van der Waals surface area contributed by atoms with Crippen LogP contribution < -0.4 is 10.6 Å². The minimum atomic E-state index is -0.203. The molecule has 0 saturated heterocycles. The number of amides is 2. The second-order valence-corrected chi connectivity index (χ2v) is 7.85. The summed E-state index contributed by atoms with van der Waals surface area (Å²) in [6.07, 6.45) is 3.56. The summed E-state index contributed by atoms with van der Waals surface area (Å²) in [5.41, 5.74) is 2.90. The maximum absolute atomic E-state index is 12.4. The summed E-state index contributed by atoms with van der Waals surface area (Å²) in [7, 11) is 0. The molecule has 8 heteroatoms. The van der Waals surface area contributed by atoms with Gasteiger partial charge in [0.05, 0.1) is 16.8 Å². The quantitative estimate of drug-likeness (QED) is 0.457. The molecule has 0 radical (unpaired) electrons. The predicted octanol–water partition coefficient (Wildman–Crippen LogP) is 4.77. The van der Waals surface area contributed by atoms with Crippen molar-refractivity contribution in [2.24, 2.45) is 0 Å². The number of hydrogen-bond acceptors (Lipinski definition) is 4. The molecule has 0 unspecified atom stereocenters. The normalized spacial score (nSPS) is 10.6. The van der Waals surface area contributed by atoms with E-state index in [-0.39, 0.29) is 11.8 Å². The zero-order valence-electron chi connectivity index (χ0n) is 15.7. The van der Waals surface area contributed by atoms with E-state index in [4.69, 9.17) is 11.6 Å². The largest absolute Gasteiger partial charge is 0.348 e. The van der Waals surface area contributed by atoms with Crippen LogP contribution in [0, 0.1) is 0 Å². The number of anilines is 1. The third-order valence-electron chi connectivity index (χ3n) is 4.33. The molecule has 0 spiro atoms. The highest BCUT2D eigenvalue weighted by atomic mass is 35.5. The van der Waals surface area contributed by atoms with Gasteiger partial charge >= 0.3 is 0 Å². The number of rotatable bonds is 6. The number of nitrogens with one attached hydrogen (secondary N) is 2. The van der Waals surface area contributed by atoms with Gasteiger partial charge < -0.3 is 10.6 Å². The topological polar surface area (TPSA) is 76.0 Å². The molecule has 2 aromatic carbocycles. The number of halogens is 1. The van der Waals surface area contributed by atoms with Gasteiger partial charge in [0.1, 0.15) is 0 Å². The van der Waals surface area contributed by atoms with Crippen molar-refractivity contribution >= 4 is 40.4 Å². The van der Waals surface area contributed by atoms with Crippen LogP contribution in [-0.2, 0) is 6.54 Å². The summed E-state index contributed by atoms with van der Waals surface area (Å²) in [5.74, 6) is -0.370. The highest BCUT2D eigenvalue weighted by molar-refractivity contribution is 7.12. The molecule has 0 aliphatic rings. The van der Waals surface area contributed by atoms with E-state index in [0.29, 0.717) is 27.7 Å². The first-order valence-electron chi connectivity index (χ1n) is 9.11. The fourth-order valence-electron chi connectivity index (χ4n) is 2.78. The van der Waals surface area contributed by atoms with Crippen LogP contribution in [0.5, 0.6) is 0 Å². The maximum atomic E-state index is 12.4. The molecule has 2 amide bonds. The molecule has 4 aromatic rings. The summed E-state index contributed by atoms with van der Waals surface area (Å²) >= 11 is 7.28. The molecular formula is C22H17ClN4O2S. The van der Waals surface area contributed by atoms with Crippen LogP contribution in [0.3, 0.4) is 0 Å². The molecule has 0 bridgehead atoms. The first-order valence-corrected chi connectivity index (χ1v) is 10.4. The van der Waals surface area contributed by atoms with E-state index in [9.17, 15) is 9.59 Å². The Morgan fingerprint density at radius 2 is 1.77 bits per heavy atom. The van der Waals surface area contributed by atoms with Crippen LogP contribution >= 0.6 is 22.9 Å². The van der Waals surface area contributed by atoms with E-state index in [1.165, 1.54) is 11.3 Å². The van der Waals surface area contributed by atoms with E-state index in [1.54, 1.807) is 53.3 Å². The molecular weight excluding hydrogens is 420 g/mol. The summed E-state index contributed by atoms with van der Waals surface area (Å²) in [6.45, 7) is 0.350. The molecule has 30 heavy (non-hydrogen) atoms. The highest BCUT2D eigenvalue weighted by Gasteiger charge is 2.09. The van der Waals surface area contributed by atoms with Gasteiger partial charge in [0, 0.05) is 34.6 Å². The number of aromatic nitrogens is 2. The lowest BCUT2D eigenvalue weighted by atomic mass is 10.2. The van der Waals surface area contributed by atoms with Crippen molar-refractivity contribution in [2.75, 3.05) is 5.32 Å². The van der Waals surface area contributed by atoms with Gasteiger partial charge in [0.15, 0.2) is 0 Å². The molecule has 150 valence electrons. The second kappa shape index (κ2) is 8.94. The van der Waals surface area contributed by atoms with Crippen LogP contribution in [0.4, 0.5) is 5.69 Å². The lowest BCUT2D eigenvalue weighted by Crippen LogP contribution is -2.22. The standard InChI is InChI=1S/C22H17ClN4O2S/c23-17-5-9-19(10-6-17)27-14-15(13-25-27)12-24-21(28)16-3-7-18(8-4-16)26-22(29)20-2-1-11-30-20/h1-11,13-14H,12H2,(H,24,28)(H,26,29). The summed E-state index contributed by atoms with van der Waals surface area (Å²) < 4.78 is 1.73. The molecule has 0 aliphatic carbocycles. The van der Waals surface area contributed by atoms with Crippen molar-refractivity contribution in [1.29, 1.82) is 0 Å². The Hall–Kier alpha value is -3.42. The van der Waals surface area contributed by atoms with E-state index < -0.39 is 0 Å². The maximum Gasteiger partial charge on any atom is 0.265 e. The molecule has 0 atom stereocenters. The Morgan fingerprint density at radius 3 is 2.47 bits per heavy atom. The minimum Gasteiger partial charge on any atom is -0.348 e. The zero-order valence-corrected chi connectivity index (χ0v) is 17.3. The van der Waals surface area contributed by atoms with Crippen LogP contribution in [0.2, 0.25) is 5.02 Å². The third kappa shape index (κ3) is 4.76. The van der Waals surface area contributed by atoms with Crippen molar-refractivity contribution in [3.8, 4) is 5.69 Å². The van der Waals surface area contributed by atoms with Crippen molar-refractivity contribution in [3.05, 3.63) is 99.5 Å². The summed E-state index contributed by atoms with van der Waals surface area (Å²) in [4.78, 5) is 25.1. The lowest BCUT2D eigenvalue weighted by Gasteiger charge is -2.06. The Kier molecular flexibility index (Phi) is 5.92. The molecule has 2 N–H and O–H groups in total. The summed E-state index contributed by atoms with van der Waals surface area (Å²) in [5, 5.41) is 12.5. The Balaban J connectivity index is 1.33. The van der Waals surface area contributed by atoms with Crippen LogP contribution in [0.15, 0.2) is 78.4 Å². The first-order chi connectivity index (χ1) is 14.6. The number of benzene rings is 2. The smallest absolute Gasteiger partial charge is 0.265 e. The Bertz CT molecular complexity index is 1150. The van der Waals surface area contributed by atoms with Gasteiger partial charge in [-0.2, -0.15) is 5.10 Å². The lowest BCUT2D eigenvalue weighted by molar-refractivity contribution is 0.0950. The molecule has 4 rings (SSSR count). The first kappa shape index (κ1) is 19.9. The van der Waals surface area contributed by atoms with Crippen LogP contribution in [0.1, 0.15) is 25.6 Å². The fraction of sp³-hybridized carbons (Fsp3) is 0.0455. The number of carbonyl (C=O) groups is 2. The van der Waals surface area contributed by atoms with E-state index in [2.05, 4.69) is 15.7 Å². The van der Waals surface area contributed by atoms with Gasteiger partial charge in [-0.05, 0) is 60.0 Å². The minimum absolute atomic E-state index is 0.167. The second-order valence-electron chi connectivity index (χ2n) is 6.46. The SMILES string of the molecule is O=C(NCc1cnn(-c2ccc(Cl)cc2)c1)c1ccc(NC(=O)c2cccs2)cc1. The molecule has 2 heterocycles. The van der Waals surface area contributed by atoms with E-state index in [0.717, 1.165) is 11.3 Å². The molecule has 2 aromatic heterocycles. The average Bonchev–Trinajstić information content (AvgIpc) is 3.45. The van der Waals surface area contributed by atoms with Gasteiger partial charge in [-0.15, -0.1) is 11.3 Å². The highest BCUT2D eigenvalue weighted by Crippen LogP contribution is 2.15. The zero-order chi connectivity index (χ0) is 20.9. The molecule has 6 nitrogen and oxygen atoms in total. The fourth-order valence-corrected chi connectivity index (χ4v) is 3.52. The van der Waals surface area contributed by atoms with Gasteiger partial charge in [0.25, 0.3) is 11.8 Å². The van der Waals surface area contributed by atoms with Crippen LogP contribution in [0.25, 0.3) is 5.69 Å². The number of nitrogens with zero attached hydrogens (tertiary/aromatic N) is 2. The van der Waals surface area contributed by atoms with Crippen molar-refractivity contribution in [2.45, 2.75) is 6.54 Å². The van der Waals surface area contributed by atoms with Gasteiger partial charge in [-0.25, -0.2) is 4.68 Å². The molecule has 0 fully saturated rings. The number of hydrogen-bond donors (Lipinski definition) is 2. The third-order valence-corrected chi connectivity index (χ3v) is 5.45. The van der Waals surface area contributed by atoms with Crippen molar-refractivity contribution in [3.63, 3.8) is 0 Å². The summed E-state index contributed by atoms with van der Waals surface area (Å²) in [6, 6.07) is 17.7. The number of carbonyl (C=O) groups excluding carboxylic acids is 2. The molecule has 0 saturated carbocycles. The number of thiophene rings is 1. The van der Waals surface area contributed by atoms with Crippen molar-refractivity contribution in [1.82, 2.24) is 15.1 Å².